The second-order valence-electron chi connectivity index (χ2n) is 5.67. The first-order valence-electron chi connectivity index (χ1n) is 8.33. The van der Waals surface area contributed by atoms with Crippen molar-refractivity contribution >= 4 is 34.4 Å². The summed E-state index contributed by atoms with van der Waals surface area (Å²) in [5.74, 6) is -0.0147. The molecule has 142 valence electrons. The molecule has 0 aliphatic rings. The van der Waals surface area contributed by atoms with E-state index in [1.165, 1.54) is 18.9 Å². The molecule has 0 atom stereocenters. The Morgan fingerprint density at radius 2 is 1.74 bits per heavy atom. The van der Waals surface area contributed by atoms with Crippen molar-refractivity contribution < 1.29 is 19.1 Å². The maximum absolute atomic E-state index is 12.1. The van der Waals surface area contributed by atoms with Crippen LogP contribution in [0.4, 0.5) is 5.69 Å². The maximum Gasteiger partial charge on any atom is 0.343 e. The van der Waals surface area contributed by atoms with Crippen molar-refractivity contribution in [2.75, 3.05) is 25.3 Å². The fraction of sp³-hybridized carbons (Fsp3) is 0.250. The Morgan fingerprint density at radius 1 is 1.07 bits per heavy atom. The summed E-state index contributed by atoms with van der Waals surface area (Å²) in [6.07, 6.45) is 2.86. The van der Waals surface area contributed by atoms with Gasteiger partial charge in [-0.2, -0.15) is 0 Å². The molecule has 2 aromatic rings. The highest BCUT2D eigenvalue weighted by molar-refractivity contribution is 8.13. The summed E-state index contributed by atoms with van der Waals surface area (Å²) < 4.78 is 9.76. The summed E-state index contributed by atoms with van der Waals surface area (Å²) in [7, 11) is 1.30. The fourth-order valence-corrected chi connectivity index (χ4v) is 2.63. The van der Waals surface area contributed by atoms with Crippen LogP contribution in [0.15, 0.2) is 48.5 Å². The van der Waals surface area contributed by atoms with Crippen LogP contribution in [-0.4, -0.2) is 36.9 Å². The monoisotopic (exact) mass is 386 g/mol. The van der Waals surface area contributed by atoms with Gasteiger partial charge >= 0.3 is 5.97 Å². The number of hydrogen-bond donors (Lipinski definition) is 2. The number of thioether (sulfide) groups is 1. The zero-order valence-electron chi connectivity index (χ0n) is 15.3. The van der Waals surface area contributed by atoms with Crippen LogP contribution in [0.25, 0.3) is 0 Å². The van der Waals surface area contributed by atoms with Gasteiger partial charge < -0.3 is 14.8 Å². The average molecular weight is 386 g/mol. The molecule has 0 saturated carbocycles. The third-order valence-corrected chi connectivity index (χ3v) is 4.43. The topological polar surface area (TPSA) is 88.5 Å². The number of hydrogen-bond acceptors (Lipinski definition) is 6. The van der Waals surface area contributed by atoms with E-state index in [0.29, 0.717) is 29.3 Å². The van der Waals surface area contributed by atoms with Crippen molar-refractivity contribution in [3.05, 3.63) is 59.7 Å². The van der Waals surface area contributed by atoms with Crippen LogP contribution in [0, 0.1) is 5.41 Å². The summed E-state index contributed by atoms with van der Waals surface area (Å²) >= 11 is 1.40. The second-order valence-corrected chi connectivity index (χ2v) is 6.48. The summed E-state index contributed by atoms with van der Waals surface area (Å²) in [6, 6.07) is 14.5. The number of nitrogens with one attached hydrogen (secondary N) is 2. The molecule has 0 aliphatic carbocycles. The summed E-state index contributed by atoms with van der Waals surface area (Å²) in [6.45, 7) is -0.155. The largest absolute Gasteiger partial charge is 0.482 e. The lowest BCUT2D eigenvalue weighted by molar-refractivity contribution is -0.142. The van der Waals surface area contributed by atoms with Crippen LogP contribution in [0.1, 0.15) is 17.5 Å². The summed E-state index contributed by atoms with van der Waals surface area (Å²) in [4.78, 5) is 23.1. The first-order chi connectivity index (χ1) is 13.0. The normalized spacial score (nSPS) is 10.1. The Balaban J connectivity index is 1.80. The van der Waals surface area contributed by atoms with Gasteiger partial charge in [-0.1, -0.05) is 24.3 Å². The van der Waals surface area contributed by atoms with E-state index in [4.69, 9.17) is 10.1 Å². The number of anilines is 1. The van der Waals surface area contributed by atoms with Crippen LogP contribution in [0.2, 0.25) is 0 Å². The summed E-state index contributed by atoms with van der Waals surface area (Å²) in [5, 5.41) is 11.1. The van der Waals surface area contributed by atoms with Gasteiger partial charge in [0.1, 0.15) is 5.75 Å². The van der Waals surface area contributed by atoms with Gasteiger partial charge in [-0.25, -0.2) is 4.79 Å². The van der Waals surface area contributed by atoms with Gasteiger partial charge in [0, 0.05) is 17.7 Å². The van der Waals surface area contributed by atoms with E-state index in [2.05, 4.69) is 10.1 Å². The molecule has 0 unspecified atom stereocenters. The molecule has 7 heteroatoms. The number of carbonyl (C=O) groups excluding carboxylic acids is 2. The second kappa shape index (κ2) is 10.4. The van der Waals surface area contributed by atoms with Gasteiger partial charge in [0.15, 0.2) is 6.61 Å². The number of ether oxygens (including phenoxy) is 2. The third-order valence-electron chi connectivity index (χ3n) is 3.78. The number of benzene rings is 2. The van der Waals surface area contributed by atoms with E-state index < -0.39 is 5.97 Å². The van der Waals surface area contributed by atoms with E-state index in [1.54, 1.807) is 24.3 Å². The molecular weight excluding hydrogens is 364 g/mol. The number of methoxy groups -OCH3 is 1. The molecule has 27 heavy (non-hydrogen) atoms. The van der Waals surface area contributed by atoms with Gasteiger partial charge in [0.25, 0.3) is 0 Å². The predicted octanol–water partition coefficient (Wildman–Crippen LogP) is 3.50. The van der Waals surface area contributed by atoms with Crippen LogP contribution in [-0.2, 0) is 20.7 Å². The van der Waals surface area contributed by atoms with Crippen LogP contribution >= 0.6 is 11.8 Å². The highest BCUT2D eigenvalue weighted by Crippen LogP contribution is 2.16. The van der Waals surface area contributed by atoms with Gasteiger partial charge in [-0.15, -0.1) is 11.8 Å². The van der Waals surface area contributed by atoms with Crippen molar-refractivity contribution in [3.63, 3.8) is 0 Å². The average Bonchev–Trinajstić information content (AvgIpc) is 2.71. The smallest absolute Gasteiger partial charge is 0.343 e. The van der Waals surface area contributed by atoms with Gasteiger partial charge in [0.05, 0.1) is 12.2 Å². The lowest BCUT2D eigenvalue weighted by Gasteiger charge is -2.08. The Kier molecular flexibility index (Phi) is 7.88. The molecule has 0 radical (unpaired) electrons. The molecule has 2 rings (SSSR count). The van der Waals surface area contributed by atoms with E-state index in [1.807, 2.05) is 30.5 Å². The molecule has 0 bridgehead atoms. The van der Waals surface area contributed by atoms with E-state index in [-0.39, 0.29) is 12.5 Å². The molecule has 0 spiro atoms. The molecule has 0 aliphatic heterocycles. The minimum Gasteiger partial charge on any atom is -0.482 e. The maximum atomic E-state index is 12.1. The molecule has 6 nitrogen and oxygen atoms in total. The number of aryl methyl sites for hydroxylation is 1. The first-order valence-corrected chi connectivity index (χ1v) is 9.55. The summed E-state index contributed by atoms with van der Waals surface area (Å²) in [5.41, 5.74) is 2.59. The zero-order chi connectivity index (χ0) is 19.6. The van der Waals surface area contributed by atoms with Crippen molar-refractivity contribution in [2.24, 2.45) is 0 Å². The van der Waals surface area contributed by atoms with E-state index in [9.17, 15) is 9.59 Å². The van der Waals surface area contributed by atoms with Crippen LogP contribution in [0.3, 0.4) is 0 Å². The van der Waals surface area contributed by atoms with Crippen LogP contribution in [0.5, 0.6) is 5.75 Å². The molecule has 1 amide bonds. The van der Waals surface area contributed by atoms with Gasteiger partial charge in [-0.05, 0) is 42.5 Å². The molecule has 2 aromatic carbocycles. The Bertz CT molecular complexity index is 789. The highest BCUT2D eigenvalue weighted by Gasteiger charge is 2.06. The molecule has 0 fully saturated rings. The zero-order valence-corrected chi connectivity index (χ0v) is 16.1. The molecular formula is C20H22N2O4S. The van der Waals surface area contributed by atoms with E-state index in [0.717, 1.165) is 11.1 Å². The predicted molar refractivity (Wildman–Crippen MR) is 108 cm³/mol. The van der Waals surface area contributed by atoms with Crippen LogP contribution < -0.4 is 10.1 Å². The van der Waals surface area contributed by atoms with Crippen molar-refractivity contribution in [1.29, 1.82) is 5.41 Å². The fourth-order valence-electron chi connectivity index (χ4n) is 2.26. The van der Waals surface area contributed by atoms with Crippen molar-refractivity contribution in [2.45, 2.75) is 12.8 Å². The minimum atomic E-state index is -0.453. The highest BCUT2D eigenvalue weighted by atomic mass is 32.2. The lowest BCUT2D eigenvalue weighted by Crippen LogP contribution is -2.13. The van der Waals surface area contributed by atoms with Gasteiger partial charge in [0.2, 0.25) is 5.91 Å². The van der Waals surface area contributed by atoms with Crippen molar-refractivity contribution in [1.82, 2.24) is 0 Å². The number of rotatable bonds is 8. The number of amides is 1. The van der Waals surface area contributed by atoms with Gasteiger partial charge in [-0.3, -0.25) is 10.2 Å². The molecule has 0 aromatic heterocycles. The molecule has 0 heterocycles. The van der Waals surface area contributed by atoms with E-state index >= 15 is 0 Å². The Labute approximate surface area is 162 Å². The Hall–Kier alpha value is -2.80. The quantitative estimate of drug-likeness (QED) is 0.412. The molecule has 2 N–H and O–H groups in total. The SMILES string of the molecule is COC(=O)COc1ccc(NC(=O)CCc2ccc(C(=N)SC)cc2)cc1. The standard InChI is InChI=1S/C20H22N2O4S/c1-25-19(24)13-26-17-10-8-16(9-11-17)22-18(23)12-5-14-3-6-15(7-4-14)20(21)27-2/h3-4,6-11,21H,5,12-13H2,1-2H3,(H,22,23). The third kappa shape index (κ3) is 6.79. The Morgan fingerprint density at radius 3 is 2.33 bits per heavy atom. The lowest BCUT2D eigenvalue weighted by atomic mass is 10.1. The first kappa shape index (κ1) is 20.5. The number of esters is 1. The minimum absolute atomic E-state index is 0.0841. The molecule has 0 saturated heterocycles. The van der Waals surface area contributed by atoms with Crippen molar-refractivity contribution in [3.8, 4) is 5.75 Å². The number of carbonyl (C=O) groups is 2.